The Morgan fingerprint density at radius 3 is 3.00 bits per heavy atom. The van der Waals surface area contributed by atoms with Crippen molar-refractivity contribution in [1.29, 1.82) is 0 Å². The minimum Gasteiger partial charge on any atom is -0.339 e. The smallest absolute Gasteiger partial charge is 0.143 e. The molecule has 1 N–H and O–H groups in total. The lowest BCUT2D eigenvalue weighted by atomic mass is 10.0. The Hall–Kier alpha value is -2.29. The Labute approximate surface area is 117 Å². The van der Waals surface area contributed by atoms with E-state index in [2.05, 4.69) is 40.7 Å². The number of nitrogens with zero attached hydrogens (tertiary/aromatic N) is 2. The standard InChI is InChI=1S/C17H17N3/c1-2-3-7-12-8-6-9-13-15(12)16-17(18-13)20-11-5-4-10-14(20)19-16/h4-6,8-11,18H,2-3,7H2,1H3. The number of rotatable bonds is 3. The van der Waals surface area contributed by atoms with Crippen LogP contribution >= 0.6 is 0 Å². The first-order valence-corrected chi connectivity index (χ1v) is 7.25. The van der Waals surface area contributed by atoms with E-state index in [9.17, 15) is 0 Å². The zero-order valence-corrected chi connectivity index (χ0v) is 11.6. The van der Waals surface area contributed by atoms with Crippen molar-refractivity contribution in [2.24, 2.45) is 0 Å². The summed E-state index contributed by atoms with van der Waals surface area (Å²) < 4.78 is 2.12. The van der Waals surface area contributed by atoms with Crippen LogP contribution in [0.1, 0.15) is 25.3 Å². The van der Waals surface area contributed by atoms with Crippen molar-refractivity contribution < 1.29 is 0 Å². The highest BCUT2D eigenvalue weighted by Gasteiger charge is 2.13. The van der Waals surface area contributed by atoms with Crippen LogP contribution in [0.4, 0.5) is 0 Å². The predicted molar refractivity (Wildman–Crippen MR) is 83.2 cm³/mol. The van der Waals surface area contributed by atoms with Gasteiger partial charge in [-0.05, 0) is 36.6 Å². The van der Waals surface area contributed by atoms with E-state index in [1.807, 2.05) is 18.2 Å². The number of aromatic nitrogens is 3. The van der Waals surface area contributed by atoms with Gasteiger partial charge in [0.25, 0.3) is 0 Å². The van der Waals surface area contributed by atoms with Crippen LogP contribution in [0.25, 0.3) is 27.7 Å². The first-order valence-electron chi connectivity index (χ1n) is 7.25. The summed E-state index contributed by atoms with van der Waals surface area (Å²) in [5.41, 5.74) is 5.78. The summed E-state index contributed by atoms with van der Waals surface area (Å²) in [6, 6.07) is 12.6. The number of benzene rings is 1. The number of pyridine rings is 1. The summed E-state index contributed by atoms with van der Waals surface area (Å²) in [7, 11) is 0. The average Bonchev–Trinajstić information content (AvgIpc) is 3.01. The van der Waals surface area contributed by atoms with E-state index in [1.165, 1.54) is 29.3 Å². The number of aromatic amines is 1. The Kier molecular flexibility index (Phi) is 2.52. The summed E-state index contributed by atoms with van der Waals surface area (Å²) in [5.74, 6) is 0. The summed E-state index contributed by atoms with van der Waals surface area (Å²) in [4.78, 5) is 8.32. The van der Waals surface area contributed by atoms with Crippen molar-refractivity contribution in [3.63, 3.8) is 0 Å². The number of unbranched alkanes of at least 4 members (excludes halogenated alkanes) is 1. The van der Waals surface area contributed by atoms with E-state index < -0.39 is 0 Å². The molecule has 0 saturated carbocycles. The molecule has 3 nitrogen and oxygen atoms in total. The van der Waals surface area contributed by atoms with Gasteiger partial charge in [-0.1, -0.05) is 31.5 Å². The van der Waals surface area contributed by atoms with Crippen LogP contribution in [0.2, 0.25) is 0 Å². The van der Waals surface area contributed by atoms with Crippen LogP contribution in [0.15, 0.2) is 42.6 Å². The highest BCUT2D eigenvalue weighted by atomic mass is 15.1. The molecule has 3 heterocycles. The molecule has 0 fully saturated rings. The second-order valence-electron chi connectivity index (χ2n) is 5.31. The maximum atomic E-state index is 4.80. The summed E-state index contributed by atoms with van der Waals surface area (Å²) in [6.07, 6.45) is 5.62. The minimum atomic E-state index is 1.00. The highest BCUT2D eigenvalue weighted by Crippen LogP contribution is 2.29. The molecule has 0 aliphatic carbocycles. The van der Waals surface area contributed by atoms with Gasteiger partial charge in [0.05, 0.1) is 0 Å². The monoisotopic (exact) mass is 263 g/mol. The van der Waals surface area contributed by atoms with Gasteiger partial charge in [0.2, 0.25) is 0 Å². The van der Waals surface area contributed by atoms with Crippen LogP contribution in [-0.2, 0) is 6.42 Å². The lowest BCUT2D eigenvalue weighted by molar-refractivity contribution is 0.799. The molecule has 0 aliphatic heterocycles. The molecule has 0 amide bonds. The first kappa shape index (κ1) is 11.5. The lowest BCUT2D eigenvalue weighted by Crippen LogP contribution is -1.86. The quantitative estimate of drug-likeness (QED) is 0.587. The molecule has 3 heteroatoms. The molecular formula is C17H17N3. The van der Waals surface area contributed by atoms with Crippen molar-refractivity contribution in [3.05, 3.63) is 48.2 Å². The summed E-state index contributed by atoms with van der Waals surface area (Å²) in [5, 5.41) is 1.29. The third kappa shape index (κ3) is 1.56. The SMILES string of the molecule is CCCCc1cccc2[nH]c3c(nc4ccccn43)c12. The predicted octanol–water partition coefficient (Wildman–Crippen LogP) is 4.31. The van der Waals surface area contributed by atoms with E-state index in [0.29, 0.717) is 0 Å². The molecule has 4 aromatic rings. The summed E-state index contributed by atoms with van der Waals surface area (Å²) in [6.45, 7) is 2.23. The average molecular weight is 263 g/mol. The highest BCUT2D eigenvalue weighted by molar-refractivity contribution is 6.07. The number of hydrogen-bond donors (Lipinski definition) is 1. The van der Waals surface area contributed by atoms with Crippen molar-refractivity contribution in [2.75, 3.05) is 0 Å². The molecule has 0 unspecified atom stereocenters. The van der Waals surface area contributed by atoms with Crippen molar-refractivity contribution in [3.8, 4) is 0 Å². The molecule has 0 saturated heterocycles. The topological polar surface area (TPSA) is 33.1 Å². The molecule has 100 valence electrons. The Balaban J connectivity index is 2.08. The molecule has 0 spiro atoms. The molecule has 20 heavy (non-hydrogen) atoms. The fourth-order valence-electron chi connectivity index (χ4n) is 2.98. The van der Waals surface area contributed by atoms with Crippen LogP contribution in [0.5, 0.6) is 0 Å². The molecule has 3 aromatic heterocycles. The Morgan fingerprint density at radius 1 is 1.15 bits per heavy atom. The van der Waals surface area contributed by atoms with Gasteiger partial charge in [0.1, 0.15) is 16.8 Å². The minimum absolute atomic E-state index is 1.00. The van der Waals surface area contributed by atoms with Gasteiger partial charge in [-0.3, -0.25) is 4.40 Å². The van der Waals surface area contributed by atoms with Gasteiger partial charge < -0.3 is 4.98 Å². The maximum Gasteiger partial charge on any atom is 0.143 e. The number of fused-ring (bicyclic) bond motifs is 5. The van der Waals surface area contributed by atoms with Crippen molar-refractivity contribution >= 4 is 27.7 Å². The molecule has 0 aliphatic rings. The number of imidazole rings is 1. The van der Waals surface area contributed by atoms with Crippen LogP contribution < -0.4 is 0 Å². The first-order chi connectivity index (χ1) is 9.88. The molecule has 1 aromatic carbocycles. The second-order valence-corrected chi connectivity index (χ2v) is 5.31. The number of H-pyrrole nitrogens is 1. The van der Waals surface area contributed by atoms with E-state index in [0.717, 1.165) is 23.2 Å². The van der Waals surface area contributed by atoms with Crippen molar-refractivity contribution in [2.45, 2.75) is 26.2 Å². The number of aryl methyl sites for hydroxylation is 1. The van der Waals surface area contributed by atoms with Crippen LogP contribution in [0.3, 0.4) is 0 Å². The second kappa shape index (κ2) is 4.37. The maximum absolute atomic E-state index is 4.80. The third-order valence-electron chi connectivity index (χ3n) is 3.97. The lowest BCUT2D eigenvalue weighted by Gasteiger charge is -2.01. The van der Waals surface area contributed by atoms with Crippen LogP contribution in [-0.4, -0.2) is 14.4 Å². The molecule has 0 radical (unpaired) electrons. The molecule has 0 bridgehead atoms. The Morgan fingerprint density at radius 2 is 2.10 bits per heavy atom. The zero-order chi connectivity index (χ0) is 13.5. The van der Waals surface area contributed by atoms with Gasteiger partial charge >= 0.3 is 0 Å². The number of nitrogens with one attached hydrogen (secondary N) is 1. The van der Waals surface area contributed by atoms with Crippen molar-refractivity contribution in [1.82, 2.24) is 14.4 Å². The van der Waals surface area contributed by atoms with Gasteiger partial charge in [0, 0.05) is 17.1 Å². The van der Waals surface area contributed by atoms with E-state index in [-0.39, 0.29) is 0 Å². The van der Waals surface area contributed by atoms with Crippen LogP contribution in [0, 0.1) is 0 Å². The molecular weight excluding hydrogens is 246 g/mol. The normalized spacial score (nSPS) is 11.8. The molecule has 4 rings (SSSR count). The van der Waals surface area contributed by atoms with Gasteiger partial charge in [-0.25, -0.2) is 4.98 Å². The number of hydrogen-bond acceptors (Lipinski definition) is 1. The van der Waals surface area contributed by atoms with E-state index >= 15 is 0 Å². The van der Waals surface area contributed by atoms with E-state index in [1.54, 1.807) is 0 Å². The zero-order valence-electron chi connectivity index (χ0n) is 11.6. The van der Waals surface area contributed by atoms with Gasteiger partial charge in [0.15, 0.2) is 0 Å². The largest absolute Gasteiger partial charge is 0.339 e. The fraction of sp³-hybridized carbons (Fsp3) is 0.235. The Bertz CT molecular complexity index is 898. The van der Waals surface area contributed by atoms with Gasteiger partial charge in [-0.2, -0.15) is 0 Å². The van der Waals surface area contributed by atoms with E-state index in [4.69, 9.17) is 4.98 Å². The summed E-state index contributed by atoms with van der Waals surface area (Å²) >= 11 is 0. The molecule has 0 atom stereocenters. The van der Waals surface area contributed by atoms with Gasteiger partial charge in [-0.15, -0.1) is 0 Å². The third-order valence-corrected chi connectivity index (χ3v) is 3.97. The fourth-order valence-corrected chi connectivity index (χ4v) is 2.98.